The van der Waals surface area contributed by atoms with Gasteiger partial charge in [-0.05, 0) is 87.9 Å². The fourth-order valence-corrected chi connectivity index (χ4v) is 6.27. The number of alkyl carbamates (subject to hydrolysis) is 2. The van der Waals surface area contributed by atoms with Crippen LogP contribution in [0.5, 0.6) is 0 Å². The molecule has 0 aromatic carbocycles. The number of rotatable bonds is 8. The van der Waals surface area contributed by atoms with Crippen molar-refractivity contribution >= 4 is 24.0 Å². The van der Waals surface area contributed by atoms with Gasteiger partial charge in [0.05, 0.1) is 13.2 Å². The second-order valence-electron chi connectivity index (χ2n) is 9.67. The molecule has 0 aromatic heterocycles. The van der Waals surface area contributed by atoms with Gasteiger partial charge < -0.3 is 9.47 Å². The number of fused-ring (bicyclic) bond motifs is 5. The average molecular weight is 447 g/mol. The van der Waals surface area contributed by atoms with E-state index < -0.39 is 24.0 Å². The summed E-state index contributed by atoms with van der Waals surface area (Å²) >= 11 is 0. The lowest BCUT2D eigenvalue weighted by atomic mass is 9.68. The van der Waals surface area contributed by atoms with Crippen molar-refractivity contribution in [1.82, 2.24) is 10.6 Å². The largest absolute Gasteiger partial charge is 0.449 e. The van der Waals surface area contributed by atoms with Gasteiger partial charge in [-0.3, -0.25) is 20.2 Å². The Morgan fingerprint density at radius 3 is 2.09 bits per heavy atom. The van der Waals surface area contributed by atoms with E-state index in [1.807, 2.05) is 0 Å². The molecule has 0 spiro atoms. The van der Waals surface area contributed by atoms with Crippen molar-refractivity contribution in [3.05, 3.63) is 24.3 Å². The zero-order valence-corrected chi connectivity index (χ0v) is 19.0. The van der Waals surface area contributed by atoms with E-state index in [0.717, 1.165) is 38.5 Å². The summed E-state index contributed by atoms with van der Waals surface area (Å²) in [6.45, 7) is 10.7. The molecule has 2 bridgehead atoms. The summed E-state index contributed by atoms with van der Waals surface area (Å²) in [6.07, 6.45) is 5.92. The highest BCUT2D eigenvalue weighted by molar-refractivity contribution is 6.02. The molecule has 3 rings (SSSR count). The first-order valence-electron chi connectivity index (χ1n) is 11.4. The van der Waals surface area contributed by atoms with Crippen LogP contribution in [0.3, 0.4) is 0 Å². The zero-order chi connectivity index (χ0) is 23.5. The summed E-state index contributed by atoms with van der Waals surface area (Å²) in [5, 5.41) is 4.34. The molecule has 5 atom stereocenters. The first-order valence-corrected chi connectivity index (χ1v) is 11.4. The van der Waals surface area contributed by atoms with Gasteiger partial charge in [0.1, 0.15) is 0 Å². The molecular formula is C24H34N2O6. The molecule has 3 aliphatic rings. The monoisotopic (exact) mass is 446 g/mol. The van der Waals surface area contributed by atoms with E-state index in [1.54, 1.807) is 0 Å². The molecule has 176 valence electrons. The smallest absolute Gasteiger partial charge is 0.414 e. The summed E-state index contributed by atoms with van der Waals surface area (Å²) in [5.74, 6) is 1.36. The van der Waals surface area contributed by atoms with Gasteiger partial charge in [-0.25, -0.2) is 9.59 Å². The standard InChI is InChI=1S/C24H34N2O6/c1-14(2)20(27)25-22(29)31-11-8-16-5-6-18-19(16)17-7-9-24(18,13-17)10-12-32-23(30)26-21(28)15(3)4/h16-19H,1,3,5-13H2,2,4H3,(H,25,27,29)(H,26,28,30). The maximum Gasteiger partial charge on any atom is 0.414 e. The maximum absolute atomic E-state index is 11.8. The van der Waals surface area contributed by atoms with Gasteiger partial charge in [-0.15, -0.1) is 0 Å². The molecule has 8 heteroatoms. The number of imide groups is 2. The lowest BCUT2D eigenvalue weighted by Crippen LogP contribution is -2.34. The predicted octanol–water partition coefficient (Wildman–Crippen LogP) is 3.87. The number of carbonyl (C=O) groups is 4. The van der Waals surface area contributed by atoms with Gasteiger partial charge in [0.25, 0.3) is 11.8 Å². The van der Waals surface area contributed by atoms with Crippen molar-refractivity contribution in [3.8, 4) is 0 Å². The molecule has 2 N–H and O–H groups in total. The molecule has 0 saturated heterocycles. The average Bonchev–Trinajstić information content (AvgIpc) is 3.40. The molecule has 0 aliphatic heterocycles. The third-order valence-corrected chi connectivity index (χ3v) is 7.63. The number of carbonyl (C=O) groups excluding carboxylic acids is 4. The number of amides is 4. The SMILES string of the molecule is C=C(C)C(=O)NC(=O)OCCC1CCC2C1C1CCC2(CCOC(=O)NC(=O)C(=C)C)C1. The maximum atomic E-state index is 11.8. The minimum atomic E-state index is -0.725. The van der Waals surface area contributed by atoms with Gasteiger partial charge in [-0.1, -0.05) is 13.2 Å². The third kappa shape index (κ3) is 5.22. The Balaban J connectivity index is 1.44. The van der Waals surface area contributed by atoms with Crippen LogP contribution in [-0.4, -0.2) is 37.2 Å². The number of hydrogen-bond acceptors (Lipinski definition) is 6. The van der Waals surface area contributed by atoms with Crippen LogP contribution >= 0.6 is 0 Å². The fourth-order valence-electron chi connectivity index (χ4n) is 6.27. The molecule has 3 aliphatic carbocycles. The number of nitrogens with one attached hydrogen (secondary N) is 2. The minimum Gasteiger partial charge on any atom is -0.449 e. The van der Waals surface area contributed by atoms with Crippen molar-refractivity contribution in [2.45, 2.75) is 58.8 Å². The molecule has 8 nitrogen and oxygen atoms in total. The van der Waals surface area contributed by atoms with Crippen LogP contribution in [0.25, 0.3) is 0 Å². The van der Waals surface area contributed by atoms with Crippen LogP contribution in [0.1, 0.15) is 58.8 Å². The van der Waals surface area contributed by atoms with E-state index in [1.165, 1.54) is 20.3 Å². The Hall–Kier alpha value is -2.64. The molecule has 0 aromatic rings. The zero-order valence-electron chi connectivity index (χ0n) is 19.0. The molecule has 5 unspecified atom stereocenters. The van der Waals surface area contributed by atoms with Crippen molar-refractivity contribution in [1.29, 1.82) is 0 Å². The first-order chi connectivity index (χ1) is 15.1. The Morgan fingerprint density at radius 2 is 1.50 bits per heavy atom. The Bertz CT molecular complexity index is 821. The third-order valence-electron chi connectivity index (χ3n) is 7.63. The number of ether oxygens (including phenoxy) is 2. The van der Waals surface area contributed by atoms with Crippen LogP contribution in [0, 0.1) is 29.1 Å². The van der Waals surface area contributed by atoms with Crippen molar-refractivity contribution in [2.75, 3.05) is 13.2 Å². The minimum absolute atomic E-state index is 0.203. The van der Waals surface area contributed by atoms with Crippen LogP contribution in [0.15, 0.2) is 24.3 Å². The van der Waals surface area contributed by atoms with Crippen molar-refractivity contribution in [3.63, 3.8) is 0 Å². The quantitative estimate of drug-likeness (QED) is 0.548. The van der Waals surface area contributed by atoms with E-state index in [0.29, 0.717) is 36.9 Å². The predicted molar refractivity (Wildman–Crippen MR) is 117 cm³/mol. The molecule has 3 fully saturated rings. The second kappa shape index (κ2) is 9.88. The van der Waals surface area contributed by atoms with E-state index in [-0.39, 0.29) is 16.6 Å². The molecule has 3 saturated carbocycles. The van der Waals surface area contributed by atoms with Crippen LogP contribution < -0.4 is 10.6 Å². The number of hydrogen-bond donors (Lipinski definition) is 2. The van der Waals surface area contributed by atoms with Gasteiger partial charge in [0.2, 0.25) is 0 Å². The Morgan fingerprint density at radius 1 is 0.906 bits per heavy atom. The summed E-state index contributed by atoms with van der Waals surface area (Å²) < 4.78 is 10.5. The molecule has 0 heterocycles. The Labute approximate surface area is 189 Å². The van der Waals surface area contributed by atoms with Crippen molar-refractivity contribution < 1.29 is 28.7 Å². The topological polar surface area (TPSA) is 111 Å². The first kappa shape index (κ1) is 24.0. The lowest BCUT2D eigenvalue weighted by Gasteiger charge is -2.37. The normalized spacial score (nSPS) is 29.7. The van der Waals surface area contributed by atoms with Gasteiger partial charge in [-0.2, -0.15) is 0 Å². The molecule has 32 heavy (non-hydrogen) atoms. The van der Waals surface area contributed by atoms with E-state index in [4.69, 9.17) is 9.47 Å². The highest BCUT2D eigenvalue weighted by Gasteiger charge is 2.60. The van der Waals surface area contributed by atoms with Gasteiger partial charge >= 0.3 is 12.2 Å². The van der Waals surface area contributed by atoms with Crippen LogP contribution in [0.4, 0.5) is 9.59 Å². The highest BCUT2D eigenvalue weighted by Crippen LogP contribution is 2.68. The van der Waals surface area contributed by atoms with E-state index >= 15 is 0 Å². The highest BCUT2D eigenvalue weighted by atomic mass is 16.6. The lowest BCUT2D eigenvalue weighted by molar-refractivity contribution is -0.117. The summed E-state index contributed by atoms with van der Waals surface area (Å²) in [6, 6.07) is 0. The summed E-state index contributed by atoms with van der Waals surface area (Å²) in [7, 11) is 0. The van der Waals surface area contributed by atoms with Crippen LogP contribution in [-0.2, 0) is 19.1 Å². The summed E-state index contributed by atoms with van der Waals surface area (Å²) in [4.78, 5) is 46.6. The molecular weight excluding hydrogens is 412 g/mol. The van der Waals surface area contributed by atoms with Crippen molar-refractivity contribution in [2.24, 2.45) is 29.1 Å². The van der Waals surface area contributed by atoms with Crippen LogP contribution in [0.2, 0.25) is 0 Å². The second-order valence-corrected chi connectivity index (χ2v) is 9.67. The van der Waals surface area contributed by atoms with E-state index in [2.05, 4.69) is 23.8 Å². The molecule has 4 amide bonds. The fraction of sp³-hybridized carbons (Fsp3) is 0.667. The summed E-state index contributed by atoms with van der Waals surface area (Å²) in [5.41, 5.74) is 0.727. The van der Waals surface area contributed by atoms with Gasteiger partial charge in [0, 0.05) is 11.1 Å². The van der Waals surface area contributed by atoms with E-state index in [9.17, 15) is 19.2 Å². The molecule has 0 radical (unpaired) electrons. The Kier molecular flexibility index (Phi) is 7.41. The van der Waals surface area contributed by atoms with Gasteiger partial charge in [0.15, 0.2) is 0 Å².